The summed E-state index contributed by atoms with van der Waals surface area (Å²) in [6.07, 6.45) is 0. The lowest BCUT2D eigenvalue weighted by molar-refractivity contribution is 0.626. The Morgan fingerprint density at radius 2 is 2.22 bits per heavy atom. The number of benzene rings is 1. The molecule has 0 aromatic heterocycles. The van der Waals surface area contributed by atoms with E-state index in [0.29, 0.717) is 0 Å². The largest absolute Gasteiger partial charge is 0.207 e. The van der Waals surface area contributed by atoms with Crippen molar-refractivity contribution in [2.45, 2.75) is 4.43 Å². The van der Waals surface area contributed by atoms with Gasteiger partial charge in [0.05, 0.1) is 0 Å². The summed E-state index contributed by atoms with van der Waals surface area (Å²) >= 11 is 2.20. The Hall–Kier alpha value is -0.120. The molecule has 1 aromatic rings. The molecular formula is C7H6FI. The van der Waals surface area contributed by atoms with Crippen LogP contribution in [-0.2, 0) is 4.43 Å². The molecular weight excluding hydrogens is 230 g/mol. The van der Waals surface area contributed by atoms with Gasteiger partial charge in [-0.2, -0.15) is 0 Å². The van der Waals surface area contributed by atoms with Crippen molar-refractivity contribution in [1.29, 1.82) is 0 Å². The average Bonchev–Trinajstić information content (AvgIpc) is 1.88. The summed E-state index contributed by atoms with van der Waals surface area (Å²) in [5.41, 5.74) is 1.04. The van der Waals surface area contributed by atoms with E-state index in [1.165, 1.54) is 6.07 Å². The SMILES string of the molecule is Fc1cccc(CI)c1. The van der Waals surface area contributed by atoms with Crippen LogP contribution in [0.4, 0.5) is 4.39 Å². The zero-order chi connectivity index (χ0) is 6.69. The van der Waals surface area contributed by atoms with Gasteiger partial charge in [0.2, 0.25) is 0 Å². The Labute approximate surface area is 67.2 Å². The molecule has 0 radical (unpaired) electrons. The number of rotatable bonds is 1. The fraction of sp³-hybridized carbons (Fsp3) is 0.143. The third-order valence-corrected chi connectivity index (χ3v) is 1.92. The van der Waals surface area contributed by atoms with Gasteiger partial charge in [0.15, 0.2) is 0 Å². The smallest absolute Gasteiger partial charge is 0.123 e. The van der Waals surface area contributed by atoms with Crippen LogP contribution in [0.15, 0.2) is 24.3 Å². The summed E-state index contributed by atoms with van der Waals surface area (Å²) < 4.78 is 13.2. The molecule has 0 amide bonds. The highest BCUT2D eigenvalue weighted by molar-refractivity contribution is 14.1. The van der Waals surface area contributed by atoms with Crippen molar-refractivity contribution in [2.24, 2.45) is 0 Å². The van der Waals surface area contributed by atoms with E-state index in [4.69, 9.17) is 0 Å². The number of hydrogen-bond acceptors (Lipinski definition) is 0. The molecule has 1 rings (SSSR count). The van der Waals surface area contributed by atoms with Crippen molar-refractivity contribution in [3.8, 4) is 0 Å². The lowest BCUT2D eigenvalue weighted by Crippen LogP contribution is -1.77. The van der Waals surface area contributed by atoms with Crippen molar-refractivity contribution in [2.75, 3.05) is 0 Å². The molecule has 48 valence electrons. The van der Waals surface area contributed by atoms with Gasteiger partial charge in [-0.25, -0.2) is 4.39 Å². The average molecular weight is 236 g/mol. The van der Waals surface area contributed by atoms with Gasteiger partial charge in [-0.15, -0.1) is 0 Å². The predicted octanol–water partition coefficient (Wildman–Crippen LogP) is 2.76. The van der Waals surface area contributed by atoms with E-state index in [9.17, 15) is 4.39 Å². The second-order valence-corrected chi connectivity index (χ2v) is 2.53. The zero-order valence-electron chi connectivity index (χ0n) is 4.77. The summed E-state index contributed by atoms with van der Waals surface area (Å²) in [6, 6.07) is 6.64. The van der Waals surface area contributed by atoms with Crippen molar-refractivity contribution >= 4 is 22.6 Å². The van der Waals surface area contributed by atoms with E-state index in [1.54, 1.807) is 12.1 Å². The van der Waals surface area contributed by atoms with E-state index in [0.717, 1.165) is 9.99 Å². The predicted molar refractivity (Wildman–Crippen MR) is 44.1 cm³/mol. The molecule has 0 nitrogen and oxygen atoms in total. The van der Waals surface area contributed by atoms with Crippen LogP contribution in [0, 0.1) is 5.82 Å². The minimum Gasteiger partial charge on any atom is -0.207 e. The lowest BCUT2D eigenvalue weighted by atomic mass is 10.2. The minimum absolute atomic E-state index is 0.149. The van der Waals surface area contributed by atoms with Crippen molar-refractivity contribution < 1.29 is 4.39 Å². The van der Waals surface area contributed by atoms with Crippen LogP contribution >= 0.6 is 22.6 Å². The van der Waals surface area contributed by atoms with Crippen LogP contribution in [0.2, 0.25) is 0 Å². The van der Waals surface area contributed by atoms with Gasteiger partial charge in [0.1, 0.15) is 5.82 Å². The lowest BCUT2D eigenvalue weighted by Gasteiger charge is -1.91. The normalized spacial score (nSPS) is 9.56. The van der Waals surface area contributed by atoms with E-state index in [-0.39, 0.29) is 5.82 Å². The fourth-order valence-electron chi connectivity index (χ4n) is 0.620. The highest BCUT2D eigenvalue weighted by Gasteiger charge is 1.89. The van der Waals surface area contributed by atoms with Crippen molar-refractivity contribution in [1.82, 2.24) is 0 Å². The summed E-state index contributed by atoms with van der Waals surface area (Å²) in [4.78, 5) is 0. The van der Waals surface area contributed by atoms with Crippen LogP contribution in [-0.4, -0.2) is 0 Å². The van der Waals surface area contributed by atoms with Gasteiger partial charge in [-0.3, -0.25) is 0 Å². The molecule has 0 spiro atoms. The number of hydrogen-bond donors (Lipinski definition) is 0. The highest BCUT2D eigenvalue weighted by atomic mass is 127. The van der Waals surface area contributed by atoms with Gasteiger partial charge < -0.3 is 0 Å². The van der Waals surface area contributed by atoms with Gasteiger partial charge in [0, 0.05) is 4.43 Å². The van der Waals surface area contributed by atoms with Crippen molar-refractivity contribution in [3.63, 3.8) is 0 Å². The quantitative estimate of drug-likeness (QED) is 0.519. The maximum atomic E-state index is 12.4. The molecule has 0 N–H and O–H groups in total. The van der Waals surface area contributed by atoms with Crippen molar-refractivity contribution in [3.05, 3.63) is 35.6 Å². The van der Waals surface area contributed by atoms with E-state index >= 15 is 0 Å². The summed E-state index contributed by atoms with van der Waals surface area (Å²) in [5.74, 6) is -0.149. The first-order valence-electron chi connectivity index (χ1n) is 2.63. The Morgan fingerprint density at radius 1 is 1.44 bits per heavy atom. The molecule has 0 saturated carbocycles. The molecule has 1 aromatic carbocycles. The molecule has 0 bridgehead atoms. The second-order valence-electron chi connectivity index (χ2n) is 1.76. The summed E-state index contributed by atoms with van der Waals surface area (Å²) in [6.45, 7) is 0. The topological polar surface area (TPSA) is 0 Å². The Bertz CT molecular complexity index is 198. The molecule has 0 aliphatic rings. The first-order chi connectivity index (χ1) is 4.33. The minimum atomic E-state index is -0.149. The Kier molecular flexibility index (Phi) is 2.45. The summed E-state index contributed by atoms with van der Waals surface area (Å²) in [5, 5.41) is 0. The molecule has 0 heterocycles. The van der Waals surface area contributed by atoms with Crippen LogP contribution in [0.3, 0.4) is 0 Å². The Balaban J connectivity index is 2.94. The zero-order valence-corrected chi connectivity index (χ0v) is 6.93. The summed E-state index contributed by atoms with van der Waals surface area (Å²) in [7, 11) is 0. The van der Waals surface area contributed by atoms with Crippen LogP contribution in [0.5, 0.6) is 0 Å². The molecule has 0 aliphatic heterocycles. The first-order valence-corrected chi connectivity index (χ1v) is 4.16. The fourth-order valence-corrected chi connectivity index (χ4v) is 1.09. The molecule has 0 aliphatic carbocycles. The third-order valence-electron chi connectivity index (χ3n) is 1.04. The molecule has 2 heteroatoms. The van der Waals surface area contributed by atoms with E-state index < -0.39 is 0 Å². The number of alkyl halides is 1. The molecule has 0 unspecified atom stereocenters. The molecule has 0 fully saturated rings. The van der Waals surface area contributed by atoms with E-state index in [2.05, 4.69) is 22.6 Å². The van der Waals surface area contributed by atoms with Crippen LogP contribution < -0.4 is 0 Å². The molecule has 0 saturated heterocycles. The van der Waals surface area contributed by atoms with Gasteiger partial charge in [0.25, 0.3) is 0 Å². The van der Waals surface area contributed by atoms with Gasteiger partial charge in [-0.1, -0.05) is 34.7 Å². The van der Waals surface area contributed by atoms with Crippen LogP contribution in [0.1, 0.15) is 5.56 Å². The third kappa shape index (κ3) is 1.93. The second kappa shape index (κ2) is 3.15. The van der Waals surface area contributed by atoms with E-state index in [1.807, 2.05) is 6.07 Å². The molecule has 0 atom stereocenters. The van der Waals surface area contributed by atoms with Crippen LogP contribution in [0.25, 0.3) is 0 Å². The van der Waals surface area contributed by atoms with Gasteiger partial charge >= 0.3 is 0 Å². The van der Waals surface area contributed by atoms with Gasteiger partial charge in [-0.05, 0) is 17.7 Å². The maximum Gasteiger partial charge on any atom is 0.123 e. The molecule has 9 heavy (non-hydrogen) atoms. The highest BCUT2D eigenvalue weighted by Crippen LogP contribution is 2.06. The Morgan fingerprint density at radius 3 is 2.67 bits per heavy atom. The monoisotopic (exact) mass is 236 g/mol. The number of halogens is 2. The standard InChI is InChI=1S/C7H6FI/c8-7-3-1-2-6(4-7)5-9/h1-4H,5H2. The first kappa shape index (κ1) is 6.99. The maximum absolute atomic E-state index is 12.4.